The average molecular weight is 456 g/mol. The van der Waals surface area contributed by atoms with E-state index in [1.165, 1.54) is 6.20 Å². The number of rotatable bonds is 6. The lowest BCUT2D eigenvalue weighted by atomic mass is 10.1. The third kappa shape index (κ3) is 4.58. The molecule has 33 heavy (non-hydrogen) atoms. The molecule has 5 aromatic rings. The van der Waals surface area contributed by atoms with Crippen LogP contribution in [-0.4, -0.2) is 30.0 Å². The first-order chi connectivity index (χ1) is 16.2. The highest BCUT2D eigenvalue weighted by Crippen LogP contribution is 2.18. The molecule has 0 aliphatic heterocycles. The van der Waals surface area contributed by atoms with E-state index in [2.05, 4.69) is 30.2 Å². The second-order valence-corrected chi connectivity index (χ2v) is 8.31. The van der Waals surface area contributed by atoms with Crippen molar-refractivity contribution in [1.82, 2.24) is 24.1 Å². The van der Waals surface area contributed by atoms with Gasteiger partial charge in [-0.25, -0.2) is 9.97 Å². The van der Waals surface area contributed by atoms with E-state index in [1.54, 1.807) is 23.9 Å². The molecule has 0 saturated heterocycles. The summed E-state index contributed by atoms with van der Waals surface area (Å²) in [7, 11) is 2.01. The number of thiazole rings is 1. The maximum atomic E-state index is 12.8. The molecule has 1 amide bonds. The van der Waals surface area contributed by atoms with Gasteiger partial charge in [-0.05, 0) is 23.8 Å². The largest absolute Gasteiger partial charge is 0.332 e. The Bertz CT molecular complexity index is 1480. The van der Waals surface area contributed by atoms with Gasteiger partial charge in [-0.2, -0.15) is 0 Å². The SMILES string of the molecule is Cn1c(Cn2ccnc2)csc1=NCc1ccccc1NC(=O)c1cnc2ccccc2n1. The maximum absolute atomic E-state index is 12.8. The van der Waals surface area contributed by atoms with Gasteiger partial charge in [0.2, 0.25) is 0 Å². The lowest BCUT2D eigenvalue weighted by molar-refractivity contribution is 0.102. The van der Waals surface area contributed by atoms with Crippen molar-refractivity contribution in [3.8, 4) is 0 Å². The normalized spacial score (nSPS) is 11.7. The molecule has 3 heterocycles. The predicted octanol–water partition coefficient (Wildman–Crippen LogP) is 3.63. The lowest BCUT2D eigenvalue weighted by Gasteiger charge is -2.09. The van der Waals surface area contributed by atoms with Gasteiger partial charge in [0.15, 0.2) is 4.80 Å². The van der Waals surface area contributed by atoms with Gasteiger partial charge in [-0.15, -0.1) is 11.3 Å². The number of carbonyl (C=O) groups is 1. The van der Waals surface area contributed by atoms with Crippen LogP contribution in [0.4, 0.5) is 5.69 Å². The molecule has 0 saturated carbocycles. The Balaban J connectivity index is 1.35. The van der Waals surface area contributed by atoms with Gasteiger partial charge in [0, 0.05) is 36.2 Å². The monoisotopic (exact) mass is 455 g/mol. The number of hydrogen-bond donors (Lipinski definition) is 1. The quantitative estimate of drug-likeness (QED) is 0.423. The third-order valence-electron chi connectivity index (χ3n) is 5.25. The number of para-hydroxylation sites is 3. The highest BCUT2D eigenvalue weighted by Gasteiger charge is 2.12. The summed E-state index contributed by atoms with van der Waals surface area (Å²) in [5, 5.41) is 5.06. The molecular weight excluding hydrogens is 434 g/mol. The van der Waals surface area contributed by atoms with Crippen LogP contribution in [0.3, 0.4) is 0 Å². The molecule has 0 fully saturated rings. The molecule has 0 bridgehead atoms. The summed E-state index contributed by atoms with van der Waals surface area (Å²) in [5.41, 5.74) is 4.49. The first-order valence-corrected chi connectivity index (χ1v) is 11.3. The number of amides is 1. The Morgan fingerprint density at radius 3 is 2.79 bits per heavy atom. The molecule has 0 atom stereocenters. The Hall–Kier alpha value is -4.11. The van der Waals surface area contributed by atoms with E-state index >= 15 is 0 Å². The van der Waals surface area contributed by atoms with E-state index in [9.17, 15) is 4.79 Å². The summed E-state index contributed by atoms with van der Waals surface area (Å²) in [4.78, 5) is 31.4. The van der Waals surface area contributed by atoms with Crippen molar-refractivity contribution in [3.63, 3.8) is 0 Å². The predicted molar refractivity (Wildman–Crippen MR) is 128 cm³/mol. The minimum Gasteiger partial charge on any atom is -0.332 e. The molecule has 8 nitrogen and oxygen atoms in total. The molecule has 164 valence electrons. The van der Waals surface area contributed by atoms with E-state index in [-0.39, 0.29) is 11.6 Å². The molecule has 1 N–H and O–H groups in total. The van der Waals surface area contributed by atoms with Crippen LogP contribution in [-0.2, 0) is 20.1 Å². The highest BCUT2D eigenvalue weighted by molar-refractivity contribution is 7.07. The Labute approximate surface area is 193 Å². The number of carbonyl (C=O) groups excluding carboxylic acids is 1. The Kier molecular flexibility index (Phi) is 5.77. The van der Waals surface area contributed by atoms with Gasteiger partial charge < -0.3 is 14.5 Å². The van der Waals surface area contributed by atoms with Crippen LogP contribution in [0.5, 0.6) is 0 Å². The number of aromatic nitrogens is 5. The summed E-state index contributed by atoms with van der Waals surface area (Å²) in [6.07, 6.45) is 7.01. The van der Waals surface area contributed by atoms with Crippen LogP contribution in [0.1, 0.15) is 21.7 Å². The van der Waals surface area contributed by atoms with Crippen LogP contribution >= 0.6 is 11.3 Å². The van der Waals surface area contributed by atoms with E-state index < -0.39 is 0 Å². The number of fused-ring (bicyclic) bond motifs is 1. The lowest BCUT2D eigenvalue weighted by Crippen LogP contribution is -2.16. The summed E-state index contributed by atoms with van der Waals surface area (Å²) >= 11 is 1.59. The number of nitrogens with one attached hydrogen (secondary N) is 1. The molecule has 0 unspecified atom stereocenters. The minimum atomic E-state index is -0.301. The second kappa shape index (κ2) is 9.17. The van der Waals surface area contributed by atoms with Gasteiger partial charge in [0.1, 0.15) is 5.69 Å². The molecule has 0 aliphatic carbocycles. The number of imidazole rings is 1. The van der Waals surface area contributed by atoms with Crippen molar-refractivity contribution in [2.24, 2.45) is 12.0 Å². The molecule has 9 heteroatoms. The second-order valence-electron chi connectivity index (χ2n) is 7.48. The van der Waals surface area contributed by atoms with Crippen LogP contribution in [0.15, 0.2) is 83.8 Å². The van der Waals surface area contributed by atoms with Crippen molar-refractivity contribution >= 4 is 34.0 Å². The number of benzene rings is 2. The minimum absolute atomic E-state index is 0.272. The van der Waals surface area contributed by atoms with E-state index in [0.29, 0.717) is 17.7 Å². The van der Waals surface area contributed by atoms with E-state index in [1.807, 2.05) is 66.3 Å². The molecule has 2 aromatic carbocycles. The molecule has 3 aromatic heterocycles. The standard InChI is InChI=1S/C24H21N7OS/c1-30-18(14-31-11-10-25-16-31)15-33-24(30)27-12-17-6-2-3-7-19(17)29-23(32)22-13-26-20-8-4-5-9-21(20)28-22/h2-11,13,15-16H,12,14H2,1H3,(H,29,32). The van der Waals surface area contributed by atoms with E-state index in [4.69, 9.17) is 4.99 Å². The van der Waals surface area contributed by atoms with Gasteiger partial charge in [0.25, 0.3) is 5.91 Å². The van der Waals surface area contributed by atoms with Crippen LogP contribution in [0, 0.1) is 0 Å². The topological polar surface area (TPSA) is 90.0 Å². The molecular formula is C24H21N7OS. The Morgan fingerprint density at radius 1 is 1.12 bits per heavy atom. The zero-order chi connectivity index (χ0) is 22.6. The zero-order valence-electron chi connectivity index (χ0n) is 17.9. The summed E-state index contributed by atoms with van der Waals surface area (Å²) < 4.78 is 4.10. The van der Waals surface area contributed by atoms with E-state index in [0.717, 1.165) is 28.1 Å². The first-order valence-electron chi connectivity index (χ1n) is 10.4. The van der Waals surface area contributed by atoms with Crippen LogP contribution in [0.2, 0.25) is 0 Å². The molecule has 5 rings (SSSR count). The van der Waals surface area contributed by atoms with Crippen LogP contribution in [0.25, 0.3) is 11.0 Å². The maximum Gasteiger partial charge on any atom is 0.275 e. The van der Waals surface area contributed by atoms with Gasteiger partial charge >= 0.3 is 0 Å². The fraction of sp³-hybridized carbons (Fsp3) is 0.125. The van der Waals surface area contributed by atoms with Gasteiger partial charge in [-0.1, -0.05) is 30.3 Å². The van der Waals surface area contributed by atoms with Crippen molar-refractivity contribution in [2.45, 2.75) is 13.1 Å². The van der Waals surface area contributed by atoms with Crippen molar-refractivity contribution in [1.29, 1.82) is 0 Å². The number of anilines is 1. The van der Waals surface area contributed by atoms with Crippen molar-refractivity contribution in [3.05, 3.63) is 101 Å². The highest BCUT2D eigenvalue weighted by atomic mass is 32.1. The fourth-order valence-electron chi connectivity index (χ4n) is 3.44. The molecule has 0 radical (unpaired) electrons. The fourth-order valence-corrected chi connectivity index (χ4v) is 4.33. The summed E-state index contributed by atoms with van der Waals surface area (Å²) in [6.45, 7) is 1.18. The number of nitrogens with zero attached hydrogens (tertiary/aromatic N) is 6. The average Bonchev–Trinajstić information content (AvgIpc) is 3.48. The smallest absolute Gasteiger partial charge is 0.275 e. The van der Waals surface area contributed by atoms with Crippen LogP contribution < -0.4 is 10.1 Å². The van der Waals surface area contributed by atoms with Gasteiger partial charge in [0.05, 0.1) is 36.6 Å². The molecule has 0 spiro atoms. The third-order valence-corrected chi connectivity index (χ3v) is 6.26. The van der Waals surface area contributed by atoms with Crippen molar-refractivity contribution in [2.75, 3.05) is 5.32 Å². The van der Waals surface area contributed by atoms with Gasteiger partial charge in [-0.3, -0.25) is 14.8 Å². The first kappa shape index (κ1) is 20.8. The summed E-state index contributed by atoms with van der Waals surface area (Å²) in [6, 6.07) is 15.1. The summed E-state index contributed by atoms with van der Waals surface area (Å²) in [5.74, 6) is -0.301. The number of hydrogen-bond acceptors (Lipinski definition) is 6. The Morgan fingerprint density at radius 2 is 1.94 bits per heavy atom. The zero-order valence-corrected chi connectivity index (χ0v) is 18.7. The molecule has 0 aliphatic rings. The van der Waals surface area contributed by atoms with Crippen molar-refractivity contribution < 1.29 is 4.79 Å².